The van der Waals surface area contributed by atoms with E-state index >= 15 is 0 Å². The van der Waals surface area contributed by atoms with Gasteiger partial charge in [-0.3, -0.25) is 0 Å². The lowest BCUT2D eigenvalue weighted by atomic mass is 9.93. The van der Waals surface area contributed by atoms with Crippen molar-refractivity contribution in [2.75, 3.05) is 5.32 Å². The molecule has 0 amide bonds. The van der Waals surface area contributed by atoms with Crippen LogP contribution < -0.4 is 5.32 Å². The van der Waals surface area contributed by atoms with Gasteiger partial charge in [-0.15, -0.1) is 0 Å². The molecule has 1 N–H and O–H groups in total. The molecular formula is C12H13N3O. The molecule has 1 saturated carbocycles. The molecule has 0 spiro atoms. The number of hydrogen-bond donors (Lipinski definition) is 1. The SMILES string of the molecule is c1nc(-c2ccc(NC3CCC3)cc2)no1. The minimum atomic E-state index is 0.634. The highest BCUT2D eigenvalue weighted by Crippen LogP contribution is 2.24. The van der Waals surface area contributed by atoms with Gasteiger partial charge in [0, 0.05) is 17.3 Å². The summed E-state index contributed by atoms with van der Waals surface area (Å²) >= 11 is 0. The fraction of sp³-hybridized carbons (Fsp3) is 0.333. The Morgan fingerprint density at radius 2 is 2.00 bits per heavy atom. The molecule has 1 aromatic heterocycles. The molecule has 3 rings (SSSR count). The second-order valence-electron chi connectivity index (χ2n) is 4.10. The zero-order valence-corrected chi connectivity index (χ0v) is 8.89. The lowest BCUT2D eigenvalue weighted by Gasteiger charge is -2.27. The smallest absolute Gasteiger partial charge is 0.214 e. The molecule has 4 nitrogen and oxygen atoms in total. The van der Waals surface area contributed by atoms with Crippen LogP contribution in [0, 0.1) is 0 Å². The second kappa shape index (κ2) is 3.96. The van der Waals surface area contributed by atoms with E-state index in [1.165, 1.54) is 25.7 Å². The van der Waals surface area contributed by atoms with E-state index < -0.39 is 0 Å². The van der Waals surface area contributed by atoms with Crippen molar-refractivity contribution in [1.82, 2.24) is 10.1 Å². The van der Waals surface area contributed by atoms with Gasteiger partial charge in [-0.05, 0) is 43.5 Å². The molecule has 4 heteroatoms. The second-order valence-corrected chi connectivity index (χ2v) is 4.10. The molecule has 82 valence electrons. The van der Waals surface area contributed by atoms with Crippen LogP contribution in [0.2, 0.25) is 0 Å². The third-order valence-electron chi connectivity index (χ3n) is 2.98. The molecule has 0 atom stereocenters. The van der Waals surface area contributed by atoms with Gasteiger partial charge in [0.2, 0.25) is 12.2 Å². The molecule has 2 aromatic rings. The number of aromatic nitrogens is 2. The van der Waals surface area contributed by atoms with Crippen molar-refractivity contribution in [3.63, 3.8) is 0 Å². The van der Waals surface area contributed by atoms with Crippen LogP contribution in [-0.2, 0) is 0 Å². The van der Waals surface area contributed by atoms with E-state index in [2.05, 4.69) is 27.6 Å². The van der Waals surface area contributed by atoms with Crippen molar-refractivity contribution < 1.29 is 4.52 Å². The molecular weight excluding hydrogens is 202 g/mol. The van der Waals surface area contributed by atoms with Crippen molar-refractivity contribution in [2.45, 2.75) is 25.3 Å². The number of anilines is 1. The van der Waals surface area contributed by atoms with Gasteiger partial charge < -0.3 is 9.84 Å². The van der Waals surface area contributed by atoms with Gasteiger partial charge in [-0.2, -0.15) is 4.98 Å². The van der Waals surface area contributed by atoms with Gasteiger partial charge in [0.1, 0.15) is 0 Å². The minimum absolute atomic E-state index is 0.634. The highest BCUT2D eigenvalue weighted by molar-refractivity contribution is 5.59. The first-order chi connectivity index (χ1) is 7.92. The summed E-state index contributed by atoms with van der Waals surface area (Å²) in [7, 11) is 0. The quantitative estimate of drug-likeness (QED) is 0.855. The summed E-state index contributed by atoms with van der Waals surface area (Å²) in [5, 5.41) is 7.28. The van der Waals surface area contributed by atoms with Gasteiger partial charge in [0.05, 0.1) is 0 Å². The van der Waals surface area contributed by atoms with Gasteiger partial charge >= 0.3 is 0 Å². The molecule has 1 aliphatic rings. The highest BCUT2D eigenvalue weighted by Gasteiger charge is 2.16. The molecule has 1 aromatic carbocycles. The Labute approximate surface area is 93.7 Å². The summed E-state index contributed by atoms with van der Waals surface area (Å²) in [6.07, 6.45) is 5.26. The van der Waals surface area contributed by atoms with Crippen molar-refractivity contribution in [3.8, 4) is 11.4 Å². The van der Waals surface area contributed by atoms with Gasteiger partial charge in [0.25, 0.3) is 0 Å². The predicted octanol–water partition coefficient (Wildman–Crippen LogP) is 2.70. The predicted molar refractivity (Wildman–Crippen MR) is 61.0 cm³/mol. The number of rotatable bonds is 3. The van der Waals surface area contributed by atoms with Crippen LogP contribution in [-0.4, -0.2) is 16.2 Å². The largest absolute Gasteiger partial charge is 0.382 e. The molecule has 1 heterocycles. The van der Waals surface area contributed by atoms with E-state index in [4.69, 9.17) is 4.52 Å². The maximum absolute atomic E-state index is 4.71. The molecule has 0 aliphatic heterocycles. The van der Waals surface area contributed by atoms with Crippen LogP contribution >= 0.6 is 0 Å². The maximum atomic E-state index is 4.71. The summed E-state index contributed by atoms with van der Waals surface area (Å²) in [6, 6.07) is 8.79. The van der Waals surface area contributed by atoms with Gasteiger partial charge in [0.15, 0.2) is 0 Å². The topological polar surface area (TPSA) is 51.0 Å². The van der Waals surface area contributed by atoms with E-state index in [0.29, 0.717) is 11.9 Å². The Morgan fingerprint density at radius 3 is 2.56 bits per heavy atom. The van der Waals surface area contributed by atoms with E-state index in [9.17, 15) is 0 Å². The van der Waals surface area contributed by atoms with Gasteiger partial charge in [-0.1, -0.05) is 5.16 Å². The number of nitrogens with zero attached hydrogens (tertiary/aromatic N) is 2. The van der Waals surface area contributed by atoms with Crippen LogP contribution in [0.3, 0.4) is 0 Å². The average Bonchev–Trinajstić information content (AvgIpc) is 2.78. The lowest BCUT2D eigenvalue weighted by molar-refractivity contribution is 0.419. The Kier molecular flexibility index (Phi) is 2.33. The lowest BCUT2D eigenvalue weighted by Crippen LogP contribution is -2.26. The van der Waals surface area contributed by atoms with Gasteiger partial charge in [-0.25, -0.2) is 0 Å². The summed E-state index contributed by atoms with van der Waals surface area (Å²) in [4.78, 5) is 4.01. The Balaban J connectivity index is 1.74. The van der Waals surface area contributed by atoms with Crippen molar-refractivity contribution in [3.05, 3.63) is 30.7 Å². The zero-order valence-electron chi connectivity index (χ0n) is 8.89. The fourth-order valence-electron chi connectivity index (χ4n) is 1.80. The Bertz CT molecular complexity index is 446. The Hall–Kier alpha value is -1.84. The van der Waals surface area contributed by atoms with E-state index in [0.717, 1.165) is 11.3 Å². The Morgan fingerprint density at radius 1 is 1.19 bits per heavy atom. The van der Waals surface area contributed by atoms with E-state index in [1.807, 2.05) is 12.1 Å². The summed E-state index contributed by atoms with van der Waals surface area (Å²) in [5.74, 6) is 0.634. The van der Waals surface area contributed by atoms with Crippen molar-refractivity contribution in [2.24, 2.45) is 0 Å². The minimum Gasteiger partial charge on any atom is -0.382 e. The van der Waals surface area contributed by atoms with E-state index in [-0.39, 0.29) is 0 Å². The number of hydrogen-bond acceptors (Lipinski definition) is 4. The van der Waals surface area contributed by atoms with E-state index in [1.54, 1.807) is 0 Å². The van der Waals surface area contributed by atoms with Crippen LogP contribution in [0.25, 0.3) is 11.4 Å². The average molecular weight is 215 g/mol. The first kappa shape index (κ1) is 9.39. The molecule has 1 fully saturated rings. The first-order valence-corrected chi connectivity index (χ1v) is 5.55. The molecule has 16 heavy (non-hydrogen) atoms. The van der Waals surface area contributed by atoms with Crippen LogP contribution in [0.15, 0.2) is 35.2 Å². The molecule has 0 unspecified atom stereocenters. The van der Waals surface area contributed by atoms with Crippen molar-refractivity contribution in [1.29, 1.82) is 0 Å². The van der Waals surface area contributed by atoms with Crippen LogP contribution in [0.5, 0.6) is 0 Å². The highest BCUT2D eigenvalue weighted by atomic mass is 16.5. The fourth-order valence-corrected chi connectivity index (χ4v) is 1.80. The molecule has 0 radical (unpaired) electrons. The molecule has 0 saturated heterocycles. The molecule has 0 bridgehead atoms. The monoisotopic (exact) mass is 215 g/mol. The number of benzene rings is 1. The third kappa shape index (κ3) is 1.78. The third-order valence-corrected chi connectivity index (χ3v) is 2.98. The van der Waals surface area contributed by atoms with Crippen LogP contribution in [0.1, 0.15) is 19.3 Å². The first-order valence-electron chi connectivity index (χ1n) is 5.55. The van der Waals surface area contributed by atoms with Crippen LogP contribution in [0.4, 0.5) is 5.69 Å². The summed E-state index contributed by atoms with van der Waals surface area (Å²) in [6.45, 7) is 0. The number of nitrogens with one attached hydrogen (secondary N) is 1. The zero-order chi connectivity index (χ0) is 10.8. The van der Waals surface area contributed by atoms with Crippen molar-refractivity contribution >= 4 is 5.69 Å². The normalized spacial score (nSPS) is 15.8. The summed E-state index contributed by atoms with van der Waals surface area (Å²) < 4.78 is 4.71. The standard InChI is InChI=1S/C12H13N3O/c1-2-10(3-1)14-11-6-4-9(5-7-11)12-13-8-16-15-12/h4-8,10,14H,1-3H2. The summed E-state index contributed by atoms with van der Waals surface area (Å²) in [5.41, 5.74) is 2.14. The molecule has 1 aliphatic carbocycles. The maximum Gasteiger partial charge on any atom is 0.214 e.